The number of rotatable bonds is 5. The fraction of sp³-hybridized carbons (Fsp3) is 0.500. The second-order valence-electron chi connectivity index (χ2n) is 5.33. The lowest BCUT2D eigenvalue weighted by atomic mass is 9.92. The molecule has 1 aliphatic rings. The molecule has 1 N–H and O–H groups in total. The molecule has 0 spiro atoms. The number of carbonyl (C=O) groups excluding carboxylic acids is 2. The molecular formula is C16H22ClNO3. The van der Waals surface area contributed by atoms with Crippen LogP contribution in [0.5, 0.6) is 0 Å². The van der Waals surface area contributed by atoms with Gasteiger partial charge in [-0.2, -0.15) is 0 Å². The van der Waals surface area contributed by atoms with Gasteiger partial charge in [-0.3, -0.25) is 4.79 Å². The minimum Gasteiger partial charge on any atom is -0.465 e. The minimum absolute atomic E-state index is 0. The number of nitrogens with one attached hydrogen (secondary N) is 1. The molecule has 1 aliphatic heterocycles. The molecule has 1 aromatic rings. The van der Waals surface area contributed by atoms with E-state index in [2.05, 4.69) is 10.1 Å². The summed E-state index contributed by atoms with van der Waals surface area (Å²) in [5, 5.41) is 3.23. The molecule has 21 heavy (non-hydrogen) atoms. The Labute approximate surface area is 131 Å². The van der Waals surface area contributed by atoms with Crippen molar-refractivity contribution in [2.75, 3.05) is 13.7 Å². The van der Waals surface area contributed by atoms with Gasteiger partial charge in [-0.15, -0.1) is 12.4 Å². The molecule has 5 heteroatoms. The Morgan fingerprint density at radius 1 is 1.33 bits per heavy atom. The summed E-state index contributed by atoms with van der Waals surface area (Å²) in [5.74, 6) is 0.110. The molecule has 0 bridgehead atoms. The van der Waals surface area contributed by atoms with Gasteiger partial charge < -0.3 is 10.1 Å². The maximum atomic E-state index is 12.1. The molecule has 2 rings (SSSR count). The van der Waals surface area contributed by atoms with Gasteiger partial charge in [-0.05, 0) is 43.0 Å². The van der Waals surface area contributed by atoms with E-state index >= 15 is 0 Å². The van der Waals surface area contributed by atoms with Crippen molar-refractivity contribution in [1.82, 2.24) is 5.32 Å². The third kappa shape index (κ3) is 4.55. The quantitative estimate of drug-likeness (QED) is 0.850. The normalized spacial score (nSPS) is 18.7. The molecule has 0 aromatic heterocycles. The number of halogens is 1. The van der Waals surface area contributed by atoms with Crippen molar-refractivity contribution in [2.24, 2.45) is 0 Å². The lowest BCUT2D eigenvalue weighted by Crippen LogP contribution is -2.31. The predicted molar refractivity (Wildman–Crippen MR) is 84.1 cm³/mol. The summed E-state index contributed by atoms with van der Waals surface area (Å²) < 4.78 is 4.67. The summed E-state index contributed by atoms with van der Waals surface area (Å²) >= 11 is 0. The highest BCUT2D eigenvalue weighted by molar-refractivity contribution is 5.89. The number of carbonyl (C=O) groups is 2. The van der Waals surface area contributed by atoms with Gasteiger partial charge in [0.1, 0.15) is 5.78 Å². The van der Waals surface area contributed by atoms with Crippen LogP contribution < -0.4 is 5.32 Å². The predicted octanol–water partition coefficient (Wildman–Crippen LogP) is 2.71. The second kappa shape index (κ2) is 8.15. The number of hydrogen-bond donors (Lipinski definition) is 1. The van der Waals surface area contributed by atoms with Gasteiger partial charge in [0.25, 0.3) is 0 Å². The average Bonchev–Trinajstić information content (AvgIpc) is 3.01. The zero-order valence-corrected chi connectivity index (χ0v) is 13.2. The van der Waals surface area contributed by atoms with Crippen LogP contribution in [0.1, 0.15) is 48.0 Å². The Bertz CT molecular complexity index is 481. The van der Waals surface area contributed by atoms with Crippen molar-refractivity contribution in [1.29, 1.82) is 0 Å². The summed E-state index contributed by atoms with van der Waals surface area (Å²) in [6.07, 6.45) is 2.57. The van der Waals surface area contributed by atoms with Gasteiger partial charge in [-0.1, -0.05) is 19.1 Å². The first-order valence-corrected chi connectivity index (χ1v) is 7.06. The molecule has 1 saturated heterocycles. The Kier molecular flexibility index (Phi) is 6.85. The van der Waals surface area contributed by atoms with Crippen molar-refractivity contribution < 1.29 is 14.3 Å². The molecule has 4 nitrogen and oxygen atoms in total. The summed E-state index contributed by atoms with van der Waals surface area (Å²) in [6, 6.07) is 7.32. The standard InChI is InChI=1S/C16H21NO3.ClH/c1-11(10-15(18)14-4-3-9-17-14)12-5-7-13(8-6-12)16(19)20-2;/h5-8,11,14,17H,3-4,9-10H2,1-2H3;1H/t11-,14-;/m1./s1. The van der Waals surface area contributed by atoms with Crippen molar-refractivity contribution >= 4 is 24.2 Å². The monoisotopic (exact) mass is 311 g/mol. The van der Waals surface area contributed by atoms with E-state index in [1.165, 1.54) is 7.11 Å². The number of ether oxygens (including phenoxy) is 1. The van der Waals surface area contributed by atoms with E-state index in [-0.39, 0.29) is 36.1 Å². The van der Waals surface area contributed by atoms with Crippen molar-refractivity contribution in [3.8, 4) is 0 Å². The molecule has 0 saturated carbocycles. The first kappa shape index (κ1) is 17.7. The van der Waals surface area contributed by atoms with Crippen LogP contribution in [0.2, 0.25) is 0 Å². The fourth-order valence-corrected chi connectivity index (χ4v) is 2.59. The van der Waals surface area contributed by atoms with E-state index in [0.717, 1.165) is 24.9 Å². The largest absolute Gasteiger partial charge is 0.465 e. The third-order valence-electron chi connectivity index (χ3n) is 3.86. The summed E-state index contributed by atoms with van der Waals surface area (Å²) in [4.78, 5) is 23.5. The van der Waals surface area contributed by atoms with Crippen LogP contribution in [0.3, 0.4) is 0 Å². The third-order valence-corrected chi connectivity index (χ3v) is 3.86. The zero-order valence-electron chi connectivity index (χ0n) is 12.4. The molecule has 0 amide bonds. The van der Waals surface area contributed by atoms with Crippen LogP contribution in [0.15, 0.2) is 24.3 Å². The van der Waals surface area contributed by atoms with E-state index in [1.807, 2.05) is 19.1 Å². The SMILES string of the molecule is COC(=O)c1ccc([C@H](C)CC(=O)[C@H]2CCCN2)cc1.Cl. The van der Waals surface area contributed by atoms with E-state index < -0.39 is 0 Å². The Morgan fingerprint density at radius 2 is 2.00 bits per heavy atom. The van der Waals surface area contributed by atoms with E-state index in [1.54, 1.807) is 12.1 Å². The lowest BCUT2D eigenvalue weighted by molar-refractivity contribution is -0.121. The minimum atomic E-state index is -0.338. The Morgan fingerprint density at radius 3 is 2.52 bits per heavy atom. The number of hydrogen-bond acceptors (Lipinski definition) is 4. The lowest BCUT2D eigenvalue weighted by Gasteiger charge is -2.15. The van der Waals surface area contributed by atoms with Crippen LogP contribution in [-0.2, 0) is 9.53 Å². The highest BCUT2D eigenvalue weighted by Gasteiger charge is 2.23. The topological polar surface area (TPSA) is 55.4 Å². The van der Waals surface area contributed by atoms with Crippen LogP contribution in [-0.4, -0.2) is 31.4 Å². The summed E-state index contributed by atoms with van der Waals surface area (Å²) in [6.45, 7) is 2.98. The van der Waals surface area contributed by atoms with Crippen molar-refractivity contribution in [2.45, 2.75) is 38.1 Å². The summed E-state index contributed by atoms with van der Waals surface area (Å²) in [5.41, 5.74) is 1.61. The maximum Gasteiger partial charge on any atom is 0.337 e. The summed E-state index contributed by atoms with van der Waals surface area (Å²) in [7, 11) is 1.37. The highest BCUT2D eigenvalue weighted by atomic mass is 35.5. The van der Waals surface area contributed by atoms with Gasteiger partial charge in [0.15, 0.2) is 0 Å². The van der Waals surface area contributed by atoms with E-state index in [4.69, 9.17) is 0 Å². The van der Waals surface area contributed by atoms with Gasteiger partial charge >= 0.3 is 5.97 Å². The van der Waals surface area contributed by atoms with Gasteiger partial charge in [-0.25, -0.2) is 4.79 Å². The zero-order chi connectivity index (χ0) is 14.5. The van der Waals surface area contributed by atoms with E-state index in [9.17, 15) is 9.59 Å². The van der Waals surface area contributed by atoms with Crippen LogP contribution >= 0.6 is 12.4 Å². The smallest absolute Gasteiger partial charge is 0.337 e. The highest BCUT2D eigenvalue weighted by Crippen LogP contribution is 2.22. The number of ketones is 1. The van der Waals surface area contributed by atoms with Crippen molar-refractivity contribution in [3.05, 3.63) is 35.4 Å². The molecule has 1 heterocycles. The molecule has 1 fully saturated rings. The fourth-order valence-electron chi connectivity index (χ4n) is 2.59. The Hall–Kier alpha value is -1.39. The first-order valence-electron chi connectivity index (χ1n) is 7.06. The van der Waals surface area contributed by atoms with Gasteiger partial charge in [0.05, 0.1) is 18.7 Å². The Balaban J connectivity index is 0.00000220. The molecule has 1 aromatic carbocycles. The van der Waals surface area contributed by atoms with Crippen LogP contribution in [0, 0.1) is 0 Å². The van der Waals surface area contributed by atoms with Crippen LogP contribution in [0.25, 0.3) is 0 Å². The number of esters is 1. The molecule has 116 valence electrons. The second-order valence-corrected chi connectivity index (χ2v) is 5.33. The number of benzene rings is 1. The first-order chi connectivity index (χ1) is 9.61. The number of methoxy groups -OCH3 is 1. The molecule has 0 radical (unpaired) electrons. The molecule has 0 aliphatic carbocycles. The number of Topliss-reactive ketones (excluding diaryl/α,β-unsaturated/α-hetero) is 1. The average molecular weight is 312 g/mol. The van der Waals surface area contributed by atoms with Gasteiger partial charge in [0.2, 0.25) is 0 Å². The van der Waals surface area contributed by atoms with E-state index in [0.29, 0.717) is 12.0 Å². The van der Waals surface area contributed by atoms with Crippen molar-refractivity contribution in [3.63, 3.8) is 0 Å². The molecule has 2 atom stereocenters. The maximum absolute atomic E-state index is 12.1. The van der Waals surface area contributed by atoms with Crippen LogP contribution in [0.4, 0.5) is 0 Å². The molecular weight excluding hydrogens is 290 g/mol. The molecule has 0 unspecified atom stereocenters. The van der Waals surface area contributed by atoms with Gasteiger partial charge in [0, 0.05) is 6.42 Å².